The summed E-state index contributed by atoms with van der Waals surface area (Å²) in [6.07, 6.45) is 0.0174. The van der Waals surface area contributed by atoms with Crippen LogP contribution >= 0.6 is 23.4 Å². The minimum Gasteiger partial charge on any atom is -0.479 e. The number of halogens is 1. The molecular weight excluding hydrogens is 344 g/mol. The van der Waals surface area contributed by atoms with Crippen LogP contribution in [0.1, 0.15) is 25.8 Å². The minimum absolute atomic E-state index is 0.318. The van der Waals surface area contributed by atoms with Gasteiger partial charge in [-0.25, -0.2) is 4.79 Å². The van der Waals surface area contributed by atoms with E-state index in [2.05, 4.69) is 0 Å². The van der Waals surface area contributed by atoms with Gasteiger partial charge in [0.1, 0.15) is 5.75 Å². The van der Waals surface area contributed by atoms with Crippen LogP contribution < -0.4 is 4.74 Å². The molecule has 0 aromatic heterocycles. The fourth-order valence-corrected chi connectivity index (χ4v) is 3.04. The number of carbonyl (C=O) groups is 1. The monoisotopic (exact) mass is 364 g/mol. The van der Waals surface area contributed by atoms with E-state index in [-0.39, 0.29) is 5.97 Å². The second-order valence-electron chi connectivity index (χ2n) is 5.15. The Morgan fingerprint density at radius 3 is 2.33 bits per heavy atom. The van der Waals surface area contributed by atoms with Crippen molar-refractivity contribution in [3.63, 3.8) is 0 Å². The summed E-state index contributed by atoms with van der Waals surface area (Å²) < 4.78 is 10.7. The van der Waals surface area contributed by atoms with Gasteiger partial charge in [-0.15, -0.1) is 11.8 Å². The predicted molar refractivity (Wildman–Crippen MR) is 98.8 cm³/mol. The summed E-state index contributed by atoms with van der Waals surface area (Å²) in [5.41, 5.74) is 1.22. The number of hydrogen-bond acceptors (Lipinski definition) is 4. The van der Waals surface area contributed by atoms with Crippen LogP contribution in [0.25, 0.3) is 0 Å². The Balaban J connectivity index is 1.90. The van der Waals surface area contributed by atoms with E-state index in [0.29, 0.717) is 18.8 Å². The van der Waals surface area contributed by atoms with Gasteiger partial charge in [0.15, 0.2) is 6.10 Å². The fraction of sp³-hybridized carbons (Fsp3) is 0.316. The van der Waals surface area contributed by atoms with Gasteiger partial charge < -0.3 is 9.47 Å². The molecule has 0 saturated carbocycles. The summed E-state index contributed by atoms with van der Waals surface area (Å²) in [6, 6.07) is 15.6. The van der Waals surface area contributed by atoms with Gasteiger partial charge in [-0.3, -0.25) is 0 Å². The minimum atomic E-state index is -0.558. The second kappa shape index (κ2) is 9.60. The summed E-state index contributed by atoms with van der Waals surface area (Å²) in [4.78, 5) is 12.9. The summed E-state index contributed by atoms with van der Waals surface area (Å²) >= 11 is 7.62. The van der Waals surface area contributed by atoms with Gasteiger partial charge in [-0.1, -0.05) is 30.7 Å². The van der Waals surface area contributed by atoms with Gasteiger partial charge in [0.25, 0.3) is 0 Å². The van der Waals surface area contributed by atoms with Crippen LogP contribution in [0, 0.1) is 0 Å². The lowest BCUT2D eigenvalue weighted by molar-refractivity contribution is -0.151. The quantitative estimate of drug-likeness (QED) is 0.467. The smallest absolute Gasteiger partial charge is 0.347 e. The normalized spacial score (nSPS) is 11.8. The van der Waals surface area contributed by atoms with E-state index in [1.807, 2.05) is 55.5 Å². The van der Waals surface area contributed by atoms with E-state index >= 15 is 0 Å². The first-order valence-electron chi connectivity index (χ1n) is 7.93. The average Bonchev–Trinajstić information content (AvgIpc) is 2.60. The highest BCUT2D eigenvalue weighted by Gasteiger charge is 2.19. The van der Waals surface area contributed by atoms with Gasteiger partial charge in [-0.2, -0.15) is 0 Å². The molecular formula is C19H21ClO3S. The average molecular weight is 365 g/mol. The lowest BCUT2D eigenvalue weighted by Gasteiger charge is -2.16. The van der Waals surface area contributed by atoms with E-state index in [9.17, 15) is 4.79 Å². The number of ether oxygens (including phenoxy) is 2. The van der Waals surface area contributed by atoms with E-state index in [1.54, 1.807) is 18.7 Å². The summed E-state index contributed by atoms with van der Waals surface area (Å²) in [5, 5.41) is 0.748. The van der Waals surface area contributed by atoms with E-state index in [1.165, 1.54) is 5.56 Å². The molecule has 0 radical (unpaired) electrons. The molecule has 0 aliphatic carbocycles. The van der Waals surface area contributed by atoms with Crippen molar-refractivity contribution in [1.29, 1.82) is 0 Å². The van der Waals surface area contributed by atoms with Gasteiger partial charge in [0.2, 0.25) is 0 Å². The third-order valence-electron chi connectivity index (χ3n) is 3.34. The Hall–Kier alpha value is -1.65. The maximum absolute atomic E-state index is 11.8. The Morgan fingerprint density at radius 2 is 1.75 bits per heavy atom. The van der Waals surface area contributed by atoms with Crippen LogP contribution in [-0.2, 0) is 15.3 Å². The molecule has 2 aromatic rings. The van der Waals surface area contributed by atoms with Crippen LogP contribution in [0.4, 0.5) is 0 Å². The maximum Gasteiger partial charge on any atom is 0.347 e. The summed E-state index contributed by atoms with van der Waals surface area (Å²) in [5.74, 6) is 1.23. The molecule has 1 atom stereocenters. The van der Waals surface area contributed by atoms with Crippen LogP contribution in [0.15, 0.2) is 53.4 Å². The van der Waals surface area contributed by atoms with E-state index in [0.717, 1.165) is 15.7 Å². The van der Waals surface area contributed by atoms with Crippen molar-refractivity contribution < 1.29 is 14.3 Å². The first-order chi connectivity index (χ1) is 11.6. The molecule has 128 valence electrons. The molecule has 0 amide bonds. The number of thioether (sulfide) groups is 1. The van der Waals surface area contributed by atoms with E-state index in [4.69, 9.17) is 21.1 Å². The molecule has 0 aliphatic heterocycles. The van der Waals surface area contributed by atoms with Crippen LogP contribution in [0.5, 0.6) is 5.75 Å². The largest absolute Gasteiger partial charge is 0.479 e. The highest BCUT2D eigenvalue weighted by Crippen LogP contribution is 2.26. The Bertz CT molecular complexity index is 641. The third-order valence-corrected chi connectivity index (χ3v) is 4.68. The first kappa shape index (κ1) is 18.7. The SMILES string of the molecule is CCOC(=O)C(CC)Oc1ccc(SCc2ccc(Cl)cc2)cc1. The zero-order valence-electron chi connectivity index (χ0n) is 13.8. The zero-order valence-corrected chi connectivity index (χ0v) is 15.4. The van der Waals surface area contributed by atoms with Crippen LogP contribution in [0.3, 0.4) is 0 Å². The fourth-order valence-electron chi connectivity index (χ4n) is 2.06. The van der Waals surface area contributed by atoms with Crippen molar-refractivity contribution in [2.24, 2.45) is 0 Å². The number of esters is 1. The molecule has 0 spiro atoms. The highest BCUT2D eigenvalue weighted by molar-refractivity contribution is 7.98. The third kappa shape index (κ3) is 5.77. The van der Waals surface area contributed by atoms with Gasteiger partial charge in [-0.05, 0) is 55.3 Å². The van der Waals surface area contributed by atoms with Crippen molar-refractivity contribution in [2.45, 2.75) is 37.0 Å². The molecule has 0 N–H and O–H groups in total. The van der Waals surface area contributed by atoms with Crippen molar-refractivity contribution in [2.75, 3.05) is 6.61 Å². The van der Waals surface area contributed by atoms with Crippen molar-refractivity contribution in [3.8, 4) is 5.75 Å². The Kier molecular flexibility index (Phi) is 7.47. The summed E-state index contributed by atoms with van der Waals surface area (Å²) in [7, 11) is 0. The highest BCUT2D eigenvalue weighted by atomic mass is 35.5. The predicted octanol–water partition coefficient (Wildman–Crippen LogP) is 5.35. The van der Waals surface area contributed by atoms with Crippen LogP contribution in [-0.4, -0.2) is 18.7 Å². The van der Waals surface area contributed by atoms with Crippen molar-refractivity contribution in [1.82, 2.24) is 0 Å². The zero-order chi connectivity index (χ0) is 17.4. The number of benzene rings is 2. The molecule has 1 unspecified atom stereocenters. The molecule has 24 heavy (non-hydrogen) atoms. The number of rotatable bonds is 8. The van der Waals surface area contributed by atoms with Gasteiger partial charge >= 0.3 is 5.97 Å². The molecule has 0 aliphatic rings. The Morgan fingerprint density at radius 1 is 1.08 bits per heavy atom. The molecule has 5 heteroatoms. The number of hydrogen-bond donors (Lipinski definition) is 0. The molecule has 0 heterocycles. The van der Waals surface area contributed by atoms with Crippen molar-refractivity contribution >= 4 is 29.3 Å². The van der Waals surface area contributed by atoms with E-state index < -0.39 is 6.10 Å². The topological polar surface area (TPSA) is 35.5 Å². The molecule has 0 saturated heterocycles. The van der Waals surface area contributed by atoms with Crippen molar-refractivity contribution in [3.05, 3.63) is 59.1 Å². The van der Waals surface area contributed by atoms with Gasteiger partial charge in [0.05, 0.1) is 6.61 Å². The van der Waals surface area contributed by atoms with Crippen LogP contribution in [0.2, 0.25) is 5.02 Å². The number of carbonyl (C=O) groups excluding carboxylic acids is 1. The summed E-state index contributed by atoms with van der Waals surface area (Å²) in [6.45, 7) is 4.05. The standard InChI is InChI=1S/C19H21ClO3S/c1-3-18(19(21)22-4-2)23-16-9-11-17(12-10-16)24-13-14-5-7-15(20)8-6-14/h5-12,18H,3-4,13H2,1-2H3. The first-order valence-corrected chi connectivity index (χ1v) is 9.29. The molecule has 2 rings (SSSR count). The molecule has 0 bridgehead atoms. The lowest BCUT2D eigenvalue weighted by atomic mass is 10.2. The second-order valence-corrected chi connectivity index (χ2v) is 6.64. The van der Waals surface area contributed by atoms with Gasteiger partial charge in [0, 0.05) is 15.7 Å². The Labute approximate surface area is 152 Å². The molecule has 0 fully saturated rings. The molecule has 3 nitrogen and oxygen atoms in total. The maximum atomic E-state index is 11.8. The lowest BCUT2D eigenvalue weighted by Crippen LogP contribution is -2.28. The molecule has 2 aromatic carbocycles.